The molecular weight excluding hydrogens is 370 g/mol. The second kappa shape index (κ2) is 6.05. The van der Waals surface area contributed by atoms with Gasteiger partial charge >= 0.3 is 5.97 Å². The number of carbonyl (C=O) groups is 1. The predicted molar refractivity (Wildman–Crippen MR) is 86.5 cm³/mol. The Morgan fingerprint density at radius 1 is 1.32 bits per heavy atom. The Morgan fingerprint density at radius 3 is 2.68 bits per heavy atom. The topological polar surface area (TPSA) is 66.2 Å². The van der Waals surface area contributed by atoms with E-state index >= 15 is 0 Å². The van der Waals surface area contributed by atoms with Crippen molar-refractivity contribution >= 4 is 43.6 Å². The van der Waals surface area contributed by atoms with Crippen molar-refractivity contribution in [3.63, 3.8) is 0 Å². The molecule has 0 fully saturated rings. The van der Waals surface area contributed by atoms with Crippen LogP contribution in [0.25, 0.3) is 10.3 Å². The predicted octanol–water partition coefficient (Wildman–Crippen LogP) is 3.10. The molecule has 0 saturated carbocycles. The van der Waals surface area contributed by atoms with Crippen LogP contribution >= 0.6 is 27.3 Å². The van der Waals surface area contributed by atoms with Gasteiger partial charge in [0.2, 0.25) is 0 Å². The van der Waals surface area contributed by atoms with Crippen molar-refractivity contribution in [1.29, 1.82) is 0 Å². The maximum absolute atomic E-state index is 11.8. The summed E-state index contributed by atoms with van der Waals surface area (Å²) in [7, 11) is 2.97. The molecule has 0 amide bonds. The van der Waals surface area contributed by atoms with E-state index in [1.807, 2.05) is 24.3 Å². The van der Waals surface area contributed by atoms with Crippen LogP contribution in [0, 0.1) is 0 Å². The summed E-state index contributed by atoms with van der Waals surface area (Å²) in [5, 5.41) is 4.34. The quantitative estimate of drug-likeness (QED) is 0.649. The van der Waals surface area contributed by atoms with Crippen LogP contribution in [0.2, 0.25) is 0 Å². The Hall–Kier alpha value is -1.93. The average molecular weight is 382 g/mol. The Labute approximate surface area is 138 Å². The molecule has 8 heteroatoms. The maximum Gasteiger partial charge on any atom is 0.360 e. The lowest BCUT2D eigenvalue weighted by atomic mass is 10.2. The minimum Gasteiger partial charge on any atom is -0.497 e. The molecule has 1 aromatic carbocycles. The molecule has 3 rings (SSSR count). The summed E-state index contributed by atoms with van der Waals surface area (Å²) >= 11 is 4.71. The maximum atomic E-state index is 11.8. The lowest BCUT2D eigenvalue weighted by Gasteiger charge is -2.04. The normalized spacial score (nSPS) is 10.9. The molecule has 0 unspecified atom stereocenters. The molecule has 2 aromatic heterocycles. The lowest BCUT2D eigenvalue weighted by Crippen LogP contribution is -2.06. The molecule has 0 atom stereocenters. The van der Waals surface area contributed by atoms with Gasteiger partial charge < -0.3 is 9.47 Å². The van der Waals surface area contributed by atoms with Gasteiger partial charge in [-0.25, -0.2) is 14.5 Å². The van der Waals surface area contributed by atoms with Crippen LogP contribution in [-0.4, -0.2) is 35.0 Å². The fourth-order valence-electron chi connectivity index (χ4n) is 2.07. The minimum absolute atomic E-state index is 0.286. The van der Waals surface area contributed by atoms with E-state index in [0.717, 1.165) is 11.3 Å². The summed E-state index contributed by atoms with van der Waals surface area (Å²) in [5.41, 5.74) is 1.98. The number of benzene rings is 1. The van der Waals surface area contributed by atoms with Crippen LogP contribution in [0.15, 0.2) is 28.2 Å². The van der Waals surface area contributed by atoms with Crippen molar-refractivity contribution in [2.24, 2.45) is 0 Å². The highest BCUT2D eigenvalue weighted by Gasteiger charge is 2.21. The summed E-state index contributed by atoms with van der Waals surface area (Å²) < 4.78 is 13.0. The molecule has 6 nitrogen and oxygen atoms in total. The first kappa shape index (κ1) is 15.0. The summed E-state index contributed by atoms with van der Waals surface area (Å²) in [6.07, 6.45) is 0. The Morgan fingerprint density at radius 2 is 2.05 bits per heavy atom. The molecule has 0 N–H and O–H groups in total. The minimum atomic E-state index is -0.463. The Balaban J connectivity index is 2.00. The Kier molecular flexibility index (Phi) is 4.12. The number of nitrogens with zero attached hydrogens (tertiary/aromatic N) is 3. The summed E-state index contributed by atoms with van der Waals surface area (Å²) in [6.45, 7) is 0.508. The van der Waals surface area contributed by atoms with Crippen LogP contribution in [0.5, 0.6) is 5.75 Å². The van der Waals surface area contributed by atoms with Crippen LogP contribution in [-0.2, 0) is 11.3 Å². The van der Waals surface area contributed by atoms with Gasteiger partial charge in [-0.3, -0.25) is 0 Å². The van der Waals surface area contributed by atoms with Gasteiger partial charge in [-0.2, -0.15) is 5.10 Å². The molecule has 0 saturated heterocycles. The molecular formula is C14H12BrN3O3S. The summed E-state index contributed by atoms with van der Waals surface area (Å²) in [5.74, 6) is 0.329. The van der Waals surface area contributed by atoms with Gasteiger partial charge in [-0.15, -0.1) is 11.3 Å². The largest absolute Gasteiger partial charge is 0.497 e. The van der Waals surface area contributed by atoms with E-state index in [-0.39, 0.29) is 5.69 Å². The number of esters is 1. The van der Waals surface area contributed by atoms with Crippen LogP contribution in [0.3, 0.4) is 0 Å². The van der Waals surface area contributed by atoms with Gasteiger partial charge in [0.05, 0.1) is 20.8 Å². The SMILES string of the molecule is COC(=O)c1nn(Cc2ccc(OC)cc2)c2nc(Br)sc12. The van der Waals surface area contributed by atoms with Gasteiger partial charge in [0.25, 0.3) is 0 Å². The van der Waals surface area contributed by atoms with Crippen molar-refractivity contribution in [3.8, 4) is 5.75 Å². The van der Waals surface area contributed by atoms with Gasteiger partial charge in [0, 0.05) is 0 Å². The first-order valence-corrected chi connectivity index (χ1v) is 7.97. The molecule has 0 radical (unpaired) electrons. The van der Waals surface area contributed by atoms with Gasteiger partial charge in [-0.05, 0) is 33.6 Å². The zero-order chi connectivity index (χ0) is 15.7. The van der Waals surface area contributed by atoms with Crippen molar-refractivity contribution in [2.75, 3.05) is 14.2 Å². The number of thiazole rings is 1. The van der Waals surface area contributed by atoms with Gasteiger partial charge in [0.1, 0.15) is 10.4 Å². The van der Waals surface area contributed by atoms with Crippen molar-refractivity contribution in [3.05, 3.63) is 39.4 Å². The third-order valence-electron chi connectivity index (χ3n) is 3.13. The first-order chi connectivity index (χ1) is 10.6. The van der Waals surface area contributed by atoms with E-state index in [4.69, 9.17) is 9.47 Å². The first-order valence-electron chi connectivity index (χ1n) is 6.36. The van der Waals surface area contributed by atoms with Crippen molar-refractivity contribution < 1.29 is 14.3 Å². The molecule has 114 valence electrons. The third-order valence-corrected chi connectivity index (χ3v) is 4.64. The molecule has 0 bridgehead atoms. The molecule has 0 spiro atoms. The number of methoxy groups -OCH3 is 2. The van der Waals surface area contributed by atoms with E-state index < -0.39 is 5.97 Å². The number of fused-ring (bicyclic) bond motifs is 1. The highest BCUT2D eigenvalue weighted by Crippen LogP contribution is 2.29. The van der Waals surface area contributed by atoms with Crippen LogP contribution < -0.4 is 4.74 Å². The number of aromatic nitrogens is 3. The van der Waals surface area contributed by atoms with Crippen LogP contribution in [0.1, 0.15) is 16.1 Å². The zero-order valence-electron chi connectivity index (χ0n) is 11.9. The highest BCUT2D eigenvalue weighted by molar-refractivity contribution is 9.11. The average Bonchev–Trinajstić information content (AvgIpc) is 3.06. The zero-order valence-corrected chi connectivity index (χ0v) is 14.3. The van der Waals surface area contributed by atoms with Gasteiger partial charge in [-0.1, -0.05) is 12.1 Å². The van der Waals surface area contributed by atoms with Crippen molar-refractivity contribution in [2.45, 2.75) is 6.54 Å². The van der Waals surface area contributed by atoms with E-state index in [1.165, 1.54) is 18.4 Å². The molecule has 0 aliphatic rings. The number of hydrogen-bond donors (Lipinski definition) is 0. The van der Waals surface area contributed by atoms with E-state index in [2.05, 4.69) is 26.0 Å². The summed E-state index contributed by atoms with van der Waals surface area (Å²) in [6, 6.07) is 7.67. The van der Waals surface area contributed by atoms with Gasteiger partial charge in [0.15, 0.2) is 15.3 Å². The number of ether oxygens (including phenoxy) is 2. The van der Waals surface area contributed by atoms with Crippen molar-refractivity contribution in [1.82, 2.24) is 14.8 Å². The van der Waals surface area contributed by atoms with E-state index in [0.29, 0.717) is 20.8 Å². The monoisotopic (exact) mass is 381 g/mol. The lowest BCUT2D eigenvalue weighted by molar-refractivity contribution is 0.0595. The number of hydrogen-bond acceptors (Lipinski definition) is 6. The smallest absolute Gasteiger partial charge is 0.360 e. The summed E-state index contributed by atoms with van der Waals surface area (Å²) in [4.78, 5) is 16.2. The highest BCUT2D eigenvalue weighted by atomic mass is 79.9. The Bertz CT molecular complexity index is 826. The van der Waals surface area contributed by atoms with E-state index in [9.17, 15) is 4.79 Å². The number of rotatable bonds is 4. The second-order valence-electron chi connectivity index (χ2n) is 4.47. The number of halogens is 1. The van der Waals surface area contributed by atoms with E-state index in [1.54, 1.807) is 11.8 Å². The standard InChI is InChI=1S/C14H12BrN3O3S/c1-20-9-5-3-8(4-6-9)7-18-12-11(22-14(15)16-12)10(17-18)13(19)21-2/h3-6H,7H2,1-2H3. The fourth-order valence-corrected chi connectivity index (χ4v) is 3.49. The fraction of sp³-hybridized carbons (Fsp3) is 0.214. The molecule has 0 aliphatic heterocycles. The molecule has 0 aliphatic carbocycles. The van der Waals surface area contributed by atoms with Crippen LogP contribution in [0.4, 0.5) is 0 Å². The molecule has 22 heavy (non-hydrogen) atoms. The molecule has 3 aromatic rings. The molecule has 2 heterocycles. The third kappa shape index (κ3) is 2.71. The number of carbonyl (C=O) groups excluding carboxylic acids is 1. The second-order valence-corrected chi connectivity index (χ2v) is 6.74.